The van der Waals surface area contributed by atoms with E-state index in [2.05, 4.69) is 0 Å². The van der Waals surface area contributed by atoms with Crippen molar-refractivity contribution in [3.63, 3.8) is 0 Å². The van der Waals surface area contributed by atoms with Crippen molar-refractivity contribution < 1.29 is 27.5 Å². The average molecular weight is 329 g/mol. The molecule has 0 heterocycles. The number of halogens is 3. The van der Waals surface area contributed by atoms with Crippen LogP contribution >= 0.6 is 0 Å². The van der Waals surface area contributed by atoms with Gasteiger partial charge < -0.3 is 10.1 Å². The quantitative estimate of drug-likeness (QED) is 0.645. The minimum Gasteiger partial charge on any atom is -0.463 e. The van der Waals surface area contributed by atoms with Crippen LogP contribution in [-0.2, 0) is 20.7 Å². The Labute approximate surface area is 132 Å². The van der Waals surface area contributed by atoms with Crippen LogP contribution in [0.3, 0.4) is 0 Å². The zero-order chi connectivity index (χ0) is 17.5. The number of rotatable bonds is 6. The van der Waals surface area contributed by atoms with E-state index in [0.717, 1.165) is 16.7 Å². The van der Waals surface area contributed by atoms with Crippen molar-refractivity contribution in [3.05, 3.63) is 41.5 Å². The van der Waals surface area contributed by atoms with E-state index in [4.69, 9.17) is 4.74 Å². The molecule has 0 radical (unpaired) electrons. The van der Waals surface area contributed by atoms with E-state index in [0.29, 0.717) is 6.61 Å². The van der Waals surface area contributed by atoms with Gasteiger partial charge in [0.25, 0.3) is 0 Å². The molecule has 1 N–H and O–H groups in total. The van der Waals surface area contributed by atoms with Crippen molar-refractivity contribution in [2.24, 2.45) is 0 Å². The smallest absolute Gasteiger partial charge is 0.463 e. The molecule has 1 rings (SSSR count). The standard InChI is InChI=1S/C16H18F3NO3/c1-3-23-14(21)10-11(2)13-6-4-12(5-7-13)8-9-20-15(22)16(17,18)19/h4-7,10H,3,8-9H2,1-2H3,(H,20,22)/b11-10-. The Morgan fingerprint density at radius 1 is 1.22 bits per heavy atom. The number of alkyl halides is 3. The summed E-state index contributed by atoms with van der Waals surface area (Å²) in [6, 6.07) is 6.98. The summed E-state index contributed by atoms with van der Waals surface area (Å²) in [5.41, 5.74) is 2.31. The number of esters is 1. The van der Waals surface area contributed by atoms with Gasteiger partial charge in [0.15, 0.2) is 0 Å². The molecule has 0 saturated heterocycles. The van der Waals surface area contributed by atoms with Crippen molar-refractivity contribution in [1.82, 2.24) is 5.32 Å². The third-order valence-electron chi connectivity index (χ3n) is 2.99. The van der Waals surface area contributed by atoms with Gasteiger partial charge in [0.1, 0.15) is 0 Å². The molecule has 7 heteroatoms. The lowest BCUT2D eigenvalue weighted by molar-refractivity contribution is -0.173. The molecular formula is C16H18F3NO3. The number of nitrogens with one attached hydrogen (secondary N) is 1. The second-order valence-electron chi connectivity index (χ2n) is 4.78. The lowest BCUT2D eigenvalue weighted by atomic mass is 10.0. The molecule has 0 fully saturated rings. The van der Waals surface area contributed by atoms with Crippen LogP contribution in [0.1, 0.15) is 25.0 Å². The first-order valence-electron chi connectivity index (χ1n) is 7.03. The molecule has 0 aliphatic heterocycles. The molecule has 0 aliphatic rings. The number of hydrogen-bond donors (Lipinski definition) is 1. The Morgan fingerprint density at radius 3 is 2.35 bits per heavy atom. The first-order valence-corrected chi connectivity index (χ1v) is 7.03. The monoisotopic (exact) mass is 329 g/mol. The number of carbonyl (C=O) groups is 2. The Morgan fingerprint density at radius 2 is 1.83 bits per heavy atom. The number of hydrogen-bond acceptors (Lipinski definition) is 3. The van der Waals surface area contributed by atoms with Crippen LogP contribution in [0.5, 0.6) is 0 Å². The van der Waals surface area contributed by atoms with Gasteiger partial charge in [-0.25, -0.2) is 4.79 Å². The third-order valence-corrected chi connectivity index (χ3v) is 2.99. The fourth-order valence-corrected chi connectivity index (χ4v) is 1.80. The second-order valence-corrected chi connectivity index (χ2v) is 4.78. The summed E-state index contributed by atoms with van der Waals surface area (Å²) in [5.74, 6) is -2.37. The van der Waals surface area contributed by atoms with Crippen molar-refractivity contribution >= 4 is 17.4 Å². The minimum atomic E-state index is -4.86. The Balaban J connectivity index is 2.57. The number of carbonyl (C=O) groups excluding carboxylic acids is 2. The zero-order valence-electron chi connectivity index (χ0n) is 12.9. The van der Waals surface area contributed by atoms with E-state index >= 15 is 0 Å². The molecular weight excluding hydrogens is 311 g/mol. The van der Waals surface area contributed by atoms with Crippen LogP contribution in [0.4, 0.5) is 13.2 Å². The first kappa shape index (κ1) is 18.7. The highest BCUT2D eigenvalue weighted by molar-refractivity contribution is 5.90. The topological polar surface area (TPSA) is 55.4 Å². The Hall–Kier alpha value is -2.31. The molecule has 126 valence electrons. The normalized spacial score (nSPS) is 12.0. The maximum atomic E-state index is 12.0. The summed E-state index contributed by atoms with van der Waals surface area (Å²) in [6.45, 7) is 3.67. The molecule has 0 unspecified atom stereocenters. The number of benzene rings is 1. The first-order chi connectivity index (χ1) is 10.7. The maximum absolute atomic E-state index is 12.0. The molecule has 4 nitrogen and oxygen atoms in total. The summed E-state index contributed by atoms with van der Waals surface area (Å²) < 4.78 is 40.9. The number of amides is 1. The van der Waals surface area contributed by atoms with Gasteiger partial charge in [-0.15, -0.1) is 0 Å². The highest BCUT2D eigenvalue weighted by Crippen LogP contribution is 2.16. The zero-order valence-corrected chi connectivity index (χ0v) is 12.9. The van der Waals surface area contributed by atoms with Crippen LogP contribution in [0.25, 0.3) is 5.57 Å². The van der Waals surface area contributed by atoms with Gasteiger partial charge in [0.05, 0.1) is 6.61 Å². The SMILES string of the molecule is CCOC(=O)/C=C(/C)c1ccc(CCNC(=O)C(F)(F)F)cc1. The van der Waals surface area contributed by atoms with Crippen molar-refractivity contribution in [1.29, 1.82) is 0 Å². The highest BCUT2D eigenvalue weighted by atomic mass is 19.4. The fourth-order valence-electron chi connectivity index (χ4n) is 1.80. The maximum Gasteiger partial charge on any atom is 0.471 e. The van der Waals surface area contributed by atoms with Gasteiger partial charge in [0.2, 0.25) is 0 Å². The molecule has 1 aromatic carbocycles. The molecule has 0 saturated carbocycles. The van der Waals surface area contributed by atoms with Crippen LogP contribution in [0.15, 0.2) is 30.3 Å². The predicted octanol–water partition coefficient (Wildman–Crippen LogP) is 2.87. The van der Waals surface area contributed by atoms with E-state index < -0.39 is 18.1 Å². The lowest BCUT2D eigenvalue weighted by Crippen LogP contribution is -2.37. The largest absolute Gasteiger partial charge is 0.471 e. The van der Waals surface area contributed by atoms with Crippen LogP contribution in [0, 0.1) is 0 Å². The van der Waals surface area contributed by atoms with E-state index in [-0.39, 0.29) is 13.0 Å². The minimum absolute atomic E-state index is 0.102. The van der Waals surface area contributed by atoms with Crippen LogP contribution in [-0.4, -0.2) is 31.2 Å². The molecule has 23 heavy (non-hydrogen) atoms. The van der Waals surface area contributed by atoms with E-state index in [9.17, 15) is 22.8 Å². The van der Waals surface area contributed by atoms with Crippen molar-refractivity contribution in [2.75, 3.05) is 13.2 Å². The average Bonchev–Trinajstić information content (AvgIpc) is 2.47. The predicted molar refractivity (Wildman–Crippen MR) is 79.5 cm³/mol. The van der Waals surface area contributed by atoms with Gasteiger partial charge in [-0.1, -0.05) is 24.3 Å². The van der Waals surface area contributed by atoms with E-state index in [1.165, 1.54) is 6.08 Å². The Bertz CT molecular complexity index is 577. The van der Waals surface area contributed by atoms with Gasteiger partial charge >= 0.3 is 18.1 Å². The summed E-state index contributed by atoms with van der Waals surface area (Å²) in [7, 11) is 0. The molecule has 1 aromatic rings. The summed E-state index contributed by atoms with van der Waals surface area (Å²) >= 11 is 0. The molecule has 0 atom stereocenters. The molecule has 0 spiro atoms. The van der Waals surface area contributed by atoms with Crippen LogP contribution < -0.4 is 5.32 Å². The summed E-state index contributed by atoms with van der Waals surface area (Å²) in [5, 5.41) is 1.81. The fraction of sp³-hybridized carbons (Fsp3) is 0.375. The van der Waals surface area contributed by atoms with Crippen LogP contribution in [0.2, 0.25) is 0 Å². The molecule has 0 aromatic heterocycles. The second kappa shape index (κ2) is 8.36. The lowest BCUT2D eigenvalue weighted by Gasteiger charge is -2.08. The number of allylic oxidation sites excluding steroid dienone is 1. The third kappa shape index (κ3) is 6.54. The molecule has 0 aliphatic carbocycles. The van der Waals surface area contributed by atoms with E-state index in [1.54, 1.807) is 38.1 Å². The van der Waals surface area contributed by atoms with Gasteiger partial charge in [-0.2, -0.15) is 13.2 Å². The molecule has 1 amide bonds. The van der Waals surface area contributed by atoms with Gasteiger partial charge in [0, 0.05) is 12.6 Å². The van der Waals surface area contributed by atoms with E-state index in [1.807, 2.05) is 5.32 Å². The van der Waals surface area contributed by atoms with Crippen molar-refractivity contribution in [3.8, 4) is 0 Å². The Kier molecular flexibility index (Phi) is 6.81. The summed E-state index contributed by atoms with van der Waals surface area (Å²) in [6.07, 6.45) is -3.20. The van der Waals surface area contributed by atoms with Gasteiger partial charge in [-0.05, 0) is 37.0 Å². The van der Waals surface area contributed by atoms with Gasteiger partial charge in [-0.3, -0.25) is 4.79 Å². The number of ether oxygens (including phenoxy) is 1. The van der Waals surface area contributed by atoms with Crippen molar-refractivity contribution in [2.45, 2.75) is 26.4 Å². The summed E-state index contributed by atoms with van der Waals surface area (Å²) in [4.78, 5) is 22.0. The highest BCUT2D eigenvalue weighted by Gasteiger charge is 2.38. The molecule has 0 bridgehead atoms.